The molecule has 176 valence electrons. The summed E-state index contributed by atoms with van der Waals surface area (Å²) in [7, 11) is 0. The Morgan fingerprint density at radius 2 is 1.91 bits per heavy atom. The first-order valence-electron chi connectivity index (χ1n) is 9.42. The average Bonchev–Trinajstić information content (AvgIpc) is 3.28. The van der Waals surface area contributed by atoms with Crippen molar-refractivity contribution in [1.29, 1.82) is 0 Å². The van der Waals surface area contributed by atoms with Crippen LogP contribution in [0.5, 0.6) is 0 Å². The lowest BCUT2D eigenvalue weighted by Gasteiger charge is -2.42. The number of halogens is 6. The Hall–Kier alpha value is -3.49. The van der Waals surface area contributed by atoms with Crippen molar-refractivity contribution >= 4 is 11.6 Å². The molecule has 33 heavy (non-hydrogen) atoms. The van der Waals surface area contributed by atoms with Gasteiger partial charge in [-0.25, -0.2) is 23.1 Å². The number of nitrogens with zero attached hydrogens (tertiary/aromatic N) is 6. The zero-order valence-corrected chi connectivity index (χ0v) is 16.9. The van der Waals surface area contributed by atoms with Crippen molar-refractivity contribution in [3.63, 3.8) is 0 Å². The zero-order chi connectivity index (χ0) is 24.2. The molecule has 0 bridgehead atoms. The average molecular weight is 474 g/mol. The van der Waals surface area contributed by atoms with Crippen LogP contribution in [0.3, 0.4) is 0 Å². The second-order valence-corrected chi connectivity index (χ2v) is 7.78. The van der Waals surface area contributed by atoms with E-state index in [9.17, 15) is 31.1 Å². The fraction of sp³-hybridized carbons (Fsp3) is 0.389. The van der Waals surface area contributed by atoms with Gasteiger partial charge in [0.2, 0.25) is 5.91 Å². The molecule has 15 heteroatoms. The van der Waals surface area contributed by atoms with Crippen LogP contribution in [0.25, 0.3) is 5.82 Å². The smallest absolute Gasteiger partial charge is 0.323 e. The molecule has 1 aliphatic rings. The molecule has 1 saturated carbocycles. The Bertz CT molecular complexity index is 1210. The van der Waals surface area contributed by atoms with Gasteiger partial charge in [0.25, 0.3) is 5.92 Å². The number of aryl methyl sites for hydroxylation is 1. The van der Waals surface area contributed by atoms with Gasteiger partial charge in [-0.05, 0) is 13.0 Å². The van der Waals surface area contributed by atoms with E-state index in [4.69, 9.17) is 5.73 Å². The van der Waals surface area contributed by atoms with E-state index in [1.165, 1.54) is 6.92 Å². The minimum atomic E-state index is -4.65. The molecule has 0 radical (unpaired) electrons. The third-order valence-electron chi connectivity index (χ3n) is 4.97. The van der Waals surface area contributed by atoms with E-state index in [0.717, 1.165) is 34.0 Å². The SMILES string of the molecule is Cc1cc(C(F)(F)F)nn1CC(=O)Nc1cnc(-n2cnc(C3(N)CC(F)(F)C3)n2)c(F)c1. The molecule has 3 N–H and O–H groups in total. The molecule has 1 amide bonds. The highest BCUT2D eigenvalue weighted by molar-refractivity contribution is 5.90. The van der Waals surface area contributed by atoms with Crippen molar-refractivity contribution < 1.29 is 31.1 Å². The van der Waals surface area contributed by atoms with Crippen LogP contribution >= 0.6 is 0 Å². The van der Waals surface area contributed by atoms with Crippen molar-refractivity contribution in [3.05, 3.63) is 47.7 Å². The van der Waals surface area contributed by atoms with Crippen molar-refractivity contribution in [1.82, 2.24) is 29.5 Å². The number of hydrogen-bond donors (Lipinski definition) is 2. The molecule has 0 aliphatic heterocycles. The number of hydrogen-bond acceptors (Lipinski definition) is 6. The number of alkyl halides is 5. The number of pyridine rings is 1. The van der Waals surface area contributed by atoms with Gasteiger partial charge in [-0.3, -0.25) is 9.48 Å². The first-order valence-corrected chi connectivity index (χ1v) is 9.42. The highest BCUT2D eigenvalue weighted by Gasteiger charge is 2.57. The Morgan fingerprint density at radius 3 is 2.48 bits per heavy atom. The summed E-state index contributed by atoms with van der Waals surface area (Å²) in [6.07, 6.45) is -3.76. The van der Waals surface area contributed by atoms with Crippen molar-refractivity contribution in [2.75, 3.05) is 5.32 Å². The minimum absolute atomic E-state index is 0.0728. The van der Waals surface area contributed by atoms with E-state index in [1.54, 1.807) is 0 Å². The first kappa shape index (κ1) is 22.7. The Balaban J connectivity index is 1.44. The summed E-state index contributed by atoms with van der Waals surface area (Å²) in [6, 6.07) is 1.71. The van der Waals surface area contributed by atoms with Gasteiger partial charge >= 0.3 is 6.18 Å². The fourth-order valence-corrected chi connectivity index (χ4v) is 3.44. The van der Waals surface area contributed by atoms with Crippen molar-refractivity contribution in [2.24, 2.45) is 5.73 Å². The van der Waals surface area contributed by atoms with Crippen LogP contribution in [0, 0.1) is 12.7 Å². The molecule has 9 nitrogen and oxygen atoms in total. The highest BCUT2D eigenvalue weighted by atomic mass is 19.4. The van der Waals surface area contributed by atoms with Gasteiger partial charge in [0.15, 0.2) is 23.2 Å². The van der Waals surface area contributed by atoms with E-state index < -0.39 is 54.4 Å². The Kier molecular flexibility index (Phi) is 5.18. The van der Waals surface area contributed by atoms with E-state index in [2.05, 4.69) is 25.5 Å². The monoisotopic (exact) mass is 474 g/mol. The predicted molar refractivity (Wildman–Crippen MR) is 99.8 cm³/mol. The number of carbonyl (C=O) groups excluding carboxylic acids is 1. The van der Waals surface area contributed by atoms with Crippen molar-refractivity contribution in [2.45, 2.75) is 43.9 Å². The maximum absolute atomic E-state index is 14.5. The summed E-state index contributed by atoms with van der Waals surface area (Å²) in [5.41, 5.74) is 3.34. The van der Waals surface area contributed by atoms with Gasteiger partial charge in [0, 0.05) is 24.6 Å². The normalized spacial score (nSPS) is 17.0. The molecule has 0 aromatic carbocycles. The molecule has 0 spiro atoms. The predicted octanol–water partition coefficient (Wildman–Crippen LogP) is 2.55. The molecular weight excluding hydrogens is 458 g/mol. The molecule has 1 aliphatic carbocycles. The summed E-state index contributed by atoms with van der Waals surface area (Å²) in [4.78, 5) is 19.9. The summed E-state index contributed by atoms with van der Waals surface area (Å²) in [6.45, 7) is 0.815. The lowest BCUT2D eigenvalue weighted by atomic mass is 9.74. The number of amides is 1. The maximum atomic E-state index is 14.5. The largest absolute Gasteiger partial charge is 0.435 e. The lowest BCUT2D eigenvalue weighted by molar-refractivity contribution is -0.141. The summed E-state index contributed by atoms with van der Waals surface area (Å²) >= 11 is 0. The molecule has 3 heterocycles. The number of nitrogens with one attached hydrogen (secondary N) is 1. The quantitative estimate of drug-likeness (QED) is 0.549. The van der Waals surface area contributed by atoms with E-state index in [0.29, 0.717) is 0 Å². The molecule has 4 rings (SSSR count). The summed E-state index contributed by atoms with van der Waals surface area (Å²) in [5.74, 6) is -5.00. The second kappa shape index (κ2) is 7.54. The molecular formula is C18H16F6N8O. The van der Waals surface area contributed by atoms with E-state index in [-0.39, 0.29) is 23.0 Å². The first-order chi connectivity index (χ1) is 15.3. The van der Waals surface area contributed by atoms with Gasteiger partial charge in [-0.1, -0.05) is 0 Å². The van der Waals surface area contributed by atoms with Crippen molar-refractivity contribution in [3.8, 4) is 5.82 Å². The van der Waals surface area contributed by atoms with Crippen LogP contribution in [0.15, 0.2) is 24.7 Å². The van der Waals surface area contributed by atoms with Crippen LogP contribution in [-0.2, 0) is 23.1 Å². The molecule has 0 atom stereocenters. The van der Waals surface area contributed by atoms with Crippen LogP contribution in [0.4, 0.5) is 32.0 Å². The fourth-order valence-electron chi connectivity index (χ4n) is 3.44. The third kappa shape index (κ3) is 4.53. The molecule has 3 aromatic rings. The van der Waals surface area contributed by atoms with Gasteiger partial charge < -0.3 is 11.1 Å². The molecule has 0 saturated heterocycles. The van der Waals surface area contributed by atoms with E-state index >= 15 is 0 Å². The lowest BCUT2D eigenvalue weighted by Crippen LogP contribution is -2.56. The minimum Gasteiger partial charge on any atom is -0.323 e. The maximum Gasteiger partial charge on any atom is 0.435 e. The number of aromatic nitrogens is 6. The number of rotatable bonds is 5. The van der Waals surface area contributed by atoms with Crippen LogP contribution in [0.2, 0.25) is 0 Å². The Labute approximate surface area is 181 Å². The van der Waals surface area contributed by atoms with Gasteiger partial charge in [-0.15, -0.1) is 5.10 Å². The van der Waals surface area contributed by atoms with E-state index in [1.807, 2.05) is 0 Å². The van der Waals surface area contributed by atoms with Crippen LogP contribution in [-0.4, -0.2) is 41.4 Å². The highest BCUT2D eigenvalue weighted by Crippen LogP contribution is 2.48. The standard InChI is InChI=1S/C18H16F6N8O/c1-9-2-12(18(22,23)24)29-31(9)5-13(33)28-10-3-11(19)14(26-4-10)32-8-27-15(30-32)16(25)6-17(20,21)7-16/h2-4,8H,5-7,25H2,1H3,(H,28,33). The second-order valence-electron chi connectivity index (χ2n) is 7.78. The van der Waals surface area contributed by atoms with Gasteiger partial charge in [0.1, 0.15) is 12.9 Å². The topological polar surface area (TPSA) is 117 Å². The van der Waals surface area contributed by atoms with Gasteiger partial charge in [-0.2, -0.15) is 23.0 Å². The summed E-state index contributed by atoms with van der Waals surface area (Å²) < 4.78 is 80.9. The summed E-state index contributed by atoms with van der Waals surface area (Å²) in [5, 5.41) is 9.58. The number of anilines is 1. The van der Waals surface area contributed by atoms with Gasteiger partial charge in [0.05, 0.1) is 17.4 Å². The van der Waals surface area contributed by atoms with Crippen LogP contribution in [0.1, 0.15) is 30.1 Å². The Morgan fingerprint density at radius 1 is 1.21 bits per heavy atom. The van der Waals surface area contributed by atoms with Crippen LogP contribution < -0.4 is 11.1 Å². The third-order valence-corrected chi connectivity index (χ3v) is 4.97. The number of nitrogens with two attached hydrogens (primary N) is 1. The number of carbonyl (C=O) groups is 1. The zero-order valence-electron chi connectivity index (χ0n) is 16.9. The molecule has 0 unspecified atom stereocenters. The molecule has 3 aromatic heterocycles. The molecule has 1 fully saturated rings.